The second-order valence-corrected chi connectivity index (χ2v) is 7.54. The fourth-order valence-electron chi connectivity index (χ4n) is 3.70. The SMILES string of the molecule is COCCN1CC[C@H](CNCc2ccccc2OCCCCn2ccnc2)C1. The lowest BCUT2D eigenvalue weighted by Gasteiger charge is -2.16. The number of nitrogens with zero attached hydrogens (tertiary/aromatic N) is 3. The van der Waals surface area contributed by atoms with Gasteiger partial charge in [0.25, 0.3) is 0 Å². The Bertz CT molecular complexity index is 662. The van der Waals surface area contributed by atoms with Gasteiger partial charge in [0.1, 0.15) is 5.75 Å². The molecule has 6 nitrogen and oxygen atoms in total. The summed E-state index contributed by atoms with van der Waals surface area (Å²) in [5.74, 6) is 1.74. The van der Waals surface area contributed by atoms with Crippen molar-refractivity contribution in [2.75, 3.05) is 46.5 Å². The maximum Gasteiger partial charge on any atom is 0.123 e. The van der Waals surface area contributed by atoms with Gasteiger partial charge in [-0.15, -0.1) is 0 Å². The third kappa shape index (κ3) is 6.93. The molecule has 3 rings (SSSR count). The van der Waals surface area contributed by atoms with E-state index in [0.29, 0.717) is 0 Å². The highest BCUT2D eigenvalue weighted by Gasteiger charge is 2.21. The molecule has 0 bridgehead atoms. The number of ether oxygens (including phenoxy) is 2. The van der Waals surface area contributed by atoms with E-state index in [1.807, 2.05) is 18.7 Å². The van der Waals surface area contributed by atoms with Crippen molar-refractivity contribution in [3.8, 4) is 5.75 Å². The van der Waals surface area contributed by atoms with Gasteiger partial charge >= 0.3 is 0 Å². The molecule has 1 aliphatic rings. The molecule has 1 aromatic carbocycles. The van der Waals surface area contributed by atoms with Crippen molar-refractivity contribution >= 4 is 0 Å². The Hall–Kier alpha value is -1.89. The maximum absolute atomic E-state index is 6.05. The van der Waals surface area contributed by atoms with Crippen molar-refractivity contribution in [3.05, 3.63) is 48.5 Å². The zero-order valence-corrected chi connectivity index (χ0v) is 17.1. The van der Waals surface area contributed by atoms with Crippen LogP contribution in [0.5, 0.6) is 5.75 Å². The van der Waals surface area contributed by atoms with E-state index in [1.54, 1.807) is 7.11 Å². The number of nitrogens with one attached hydrogen (secondary N) is 1. The molecule has 154 valence electrons. The molecular weight excluding hydrogens is 352 g/mol. The molecule has 1 saturated heterocycles. The number of aromatic nitrogens is 2. The molecule has 1 atom stereocenters. The summed E-state index contributed by atoms with van der Waals surface area (Å²) >= 11 is 0. The zero-order chi connectivity index (χ0) is 19.4. The molecule has 2 heterocycles. The molecule has 1 fully saturated rings. The van der Waals surface area contributed by atoms with E-state index in [9.17, 15) is 0 Å². The molecule has 0 radical (unpaired) electrons. The Balaban J connectivity index is 1.33. The Kier molecular flexibility index (Phi) is 8.81. The van der Waals surface area contributed by atoms with E-state index in [4.69, 9.17) is 9.47 Å². The summed E-state index contributed by atoms with van der Waals surface area (Å²) in [5.41, 5.74) is 1.24. The fraction of sp³-hybridized carbons (Fsp3) is 0.591. The summed E-state index contributed by atoms with van der Waals surface area (Å²) in [4.78, 5) is 6.57. The van der Waals surface area contributed by atoms with Crippen molar-refractivity contribution in [2.24, 2.45) is 5.92 Å². The number of rotatable bonds is 13. The Labute approximate surface area is 168 Å². The van der Waals surface area contributed by atoms with Crippen LogP contribution in [0.25, 0.3) is 0 Å². The van der Waals surface area contributed by atoms with Gasteiger partial charge in [-0.2, -0.15) is 0 Å². The van der Waals surface area contributed by atoms with Crippen molar-refractivity contribution < 1.29 is 9.47 Å². The molecule has 0 amide bonds. The van der Waals surface area contributed by atoms with Crippen LogP contribution in [0, 0.1) is 5.92 Å². The summed E-state index contributed by atoms with van der Waals surface area (Å²) in [6.45, 7) is 7.90. The van der Waals surface area contributed by atoms with E-state index >= 15 is 0 Å². The second-order valence-electron chi connectivity index (χ2n) is 7.54. The molecule has 6 heteroatoms. The van der Waals surface area contributed by atoms with Gasteiger partial charge in [0, 0.05) is 51.2 Å². The number of imidazole rings is 1. The first-order valence-corrected chi connectivity index (χ1v) is 10.4. The van der Waals surface area contributed by atoms with E-state index in [1.165, 1.54) is 25.1 Å². The summed E-state index contributed by atoms with van der Waals surface area (Å²) in [7, 11) is 1.77. The van der Waals surface area contributed by atoms with Crippen LogP contribution >= 0.6 is 0 Å². The monoisotopic (exact) mass is 386 g/mol. The highest BCUT2D eigenvalue weighted by Crippen LogP contribution is 2.19. The quantitative estimate of drug-likeness (QED) is 0.537. The van der Waals surface area contributed by atoms with Crippen molar-refractivity contribution in [3.63, 3.8) is 0 Å². The number of hydrogen-bond donors (Lipinski definition) is 1. The summed E-state index contributed by atoms with van der Waals surface area (Å²) in [5, 5.41) is 3.63. The number of para-hydroxylation sites is 1. The number of benzene rings is 1. The van der Waals surface area contributed by atoms with E-state index in [-0.39, 0.29) is 0 Å². The second kappa shape index (κ2) is 11.8. The van der Waals surface area contributed by atoms with Crippen LogP contribution in [0.4, 0.5) is 0 Å². The van der Waals surface area contributed by atoms with Crippen LogP contribution in [-0.4, -0.2) is 61.0 Å². The van der Waals surface area contributed by atoms with Crippen molar-refractivity contribution in [2.45, 2.75) is 32.4 Å². The van der Waals surface area contributed by atoms with Gasteiger partial charge in [-0.05, 0) is 44.3 Å². The Morgan fingerprint density at radius 1 is 1.18 bits per heavy atom. The maximum atomic E-state index is 6.05. The lowest BCUT2D eigenvalue weighted by Crippen LogP contribution is -2.28. The van der Waals surface area contributed by atoms with Crippen LogP contribution in [0.1, 0.15) is 24.8 Å². The first-order chi connectivity index (χ1) is 13.8. The number of unbranched alkanes of at least 4 members (excludes halogenated alkanes) is 1. The van der Waals surface area contributed by atoms with E-state index < -0.39 is 0 Å². The van der Waals surface area contributed by atoms with Gasteiger partial charge in [-0.25, -0.2) is 4.98 Å². The molecule has 0 spiro atoms. The van der Waals surface area contributed by atoms with Crippen molar-refractivity contribution in [1.82, 2.24) is 19.8 Å². The highest BCUT2D eigenvalue weighted by molar-refractivity contribution is 5.33. The molecular formula is C22H34N4O2. The van der Waals surface area contributed by atoms with Crippen LogP contribution in [0.15, 0.2) is 43.0 Å². The smallest absolute Gasteiger partial charge is 0.123 e. The first-order valence-electron chi connectivity index (χ1n) is 10.4. The van der Waals surface area contributed by atoms with Gasteiger partial charge in [-0.3, -0.25) is 0 Å². The molecule has 1 N–H and O–H groups in total. The Morgan fingerprint density at radius 2 is 2.11 bits per heavy atom. The first kappa shape index (κ1) is 20.8. The average Bonchev–Trinajstić information content (AvgIpc) is 3.39. The molecule has 0 saturated carbocycles. The third-order valence-corrected chi connectivity index (χ3v) is 5.33. The number of hydrogen-bond acceptors (Lipinski definition) is 5. The highest BCUT2D eigenvalue weighted by atomic mass is 16.5. The normalized spacial score (nSPS) is 17.2. The predicted molar refractivity (Wildman–Crippen MR) is 112 cm³/mol. The van der Waals surface area contributed by atoms with Gasteiger partial charge in [0.2, 0.25) is 0 Å². The minimum Gasteiger partial charge on any atom is -0.493 e. The number of aryl methyl sites for hydroxylation is 1. The summed E-state index contributed by atoms with van der Waals surface area (Å²) < 4.78 is 13.3. The van der Waals surface area contributed by atoms with Gasteiger partial charge in [0.15, 0.2) is 0 Å². The average molecular weight is 387 g/mol. The van der Waals surface area contributed by atoms with Crippen LogP contribution in [0.2, 0.25) is 0 Å². The topological polar surface area (TPSA) is 51.6 Å². The van der Waals surface area contributed by atoms with Gasteiger partial charge in [-0.1, -0.05) is 18.2 Å². The van der Waals surface area contributed by atoms with Gasteiger partial charge < -0.3 is 24.3 Å². The third-order valence-electron chi connectivity index (χ3n) is 5.33. The molecule has 1 aromatic heterocycles. The zero-order valence-electron chi connectivity index (χ0n) is 17.1. The fourth-order valence-corrected chi connectivity index (χ4v) is 3.70. The lowest BCUT2D eigenvalue weighted by atomic mass is 10.1. The number of likely N-dealkylation sites (tertiary alicyclic amines) is 1. The van der Waals surface area contributed by atoms with E-state index in [0.717, 1.165) is 63.9 Å². The van der Waals surface area contributed by atoms with Crippen LogP contribution < -0.4 is 10.1 Å². The lowest BCUT2D eigenvalue weighted by molar-refractivity contribution is 0.159. The largest absolute Gasteiger partial charge is 0.493 e. The molecule has 2 aromatic rings. The van der Waals surface area contributed by atoms with Gasteiger partial charge in [0.05, 0.1) is 19.5 Å². The minimum absolute atomic E-state index is 0.730. The van der Waals surface area contributed by atoms with Crippen molar-refractivity contribution in [1.29, 1.82) is 0 Å². The molecule has 0 aliphatic carbocycles. The van der Waals surface area contributed by atoms with Crippen LogP contribution in [0.3, 0.4) is 0 Å². The standard InChI is InChI=1S/C22H34N4O2/c1-27-15-13-25-11-8-20(18-25)16-24-17-21-6-2-3-7-22(21)28-14-5-4-10-26-12-9-23-19-26/h2-3,6-7,9,12,19-20,24H,4-5,8,10-11,13-18H2,1H3/t20-/m1/s1. The molecule has 1 aliphatic heterocycles. The van der Waals surface area contributed by atoms with Crippen LogP contribution in [-0.2, 0) is 17.8 Å². The predicted octanol–water partition coefficient (Wildman–Crippen LogP) is 2.80. The summed E-state index contributed by atoms with van der Waals surface area (Å²) in [6.07, 6.45) is 9.09. The number of methoxy groups -OCH3 is 1. The Morgan fingerprint density at radius 3 is 2.96 bits per heavy atom. The van der Waals surface area contributed by atoms with E-state index in [2.05, 4.69) is 44.0 Å². The molecule has 28 heavy (non-hydrogen) atoms. The minimum atomic E-state index is 0.730. The summed E-state index contributed by atoms with van der Waals surface area (Å²) in [6, 6.07) is 8.38. The molecule has 0 unspecified atom stereocenters.